The van der Waals surface area contributed by atoms with Crippen LogP contribution in [0.2, 0.25) is 0 Å². The molecule has 0 aliphatic carbocycles. The lowest BCUT2D eigenvalue weighted by Gasteiger charge is -2.21. The van der Waals surface area contributed by atoms with Crippen LogP contribution in [-0.4, -0.2) is 23.9 Å². The van der Waals surface area contributed by atoms with Gasteiger partial charge in [-0.05, 0) is 25.0 Å². The molecular formula is C13H16F3NO. The van der Waals surface area contributed by atoms with E-state index in [2.05, 4.69) is 0 Å². The molecule has 0 spiro atoms. The van der Waals surface area contributed by atoms with Crippen LogP contribution in [0.3, 0.4) is 0 Å². The molecule has 0 unspecified atom stereocenters. The van der Waals surface area contributed by atoms with E-state index in [1.807, 2.05) is 13.8 Å². The predicted octanol–water partition coefficient (Wildman–Crippen LogP) is 3.37. The maximum atomic E-state index is 13.0. The summed E-state index contributed by atoms with van der Waals surface area (Å²) in [6.45, 7) is 4.82. The van der Waals surface area contributed by atoms with Crippen molar-refractivity contribution in [3.8, 4) is 0 Å². The molecule has 0 aliphatic rings. The van der Waals surface area contributed by atoms with Gasteiger partial charge in [-0.15, -0.1) is 0 Å². The molecule has 0 bridgehead atoms. The average Bonchev–Trinajstić information content (AvgIpc) is 2.34. The van der Waals surface area contributed by atoms with Gasteiger partial charge in [-0.3, -0.25) is 4.79 Å². The Kier molecular flexibility index (Phi) is 5.19. The van der Waals surface area contributed by atoms with Crippen LogP contribution in [0.25, 0.3) is 0 Å². The number of nitrogens with zero attached hydrogens (tertiary/aromatic N) is 1. The molecule has 100 valence electrons. The summed E-state index contributed by atoms with van der Waals surface area (Å²) in [5, 5.41) is 0. The Hall–Kier alpha value is -1.52. The first kappa shape index (κ1) is 14.5. The van der Waals surface area contributed by atoms with Crippen molar-refractivity contribution >= 4 is 5.91 Å². The molecular weight excluding hydrogens is 243 g/mol. The Labute approximate surface area is 104 Å². The molecule has 0 heterocycles. The third-order valence-corrected chi connectivity index (χ3v) is 2.51. The van der Waals surface area contributed by atoms with Crippen LogP contribution < -0.4 is 0 Å². The minimum Gasteiger partial charge on any atom is -0.339 e. The third-order valence-electron chi connectivity index (χ3n) is 2.51. The number of amides is 1. The molecule has 1 aromatic rings. The van der Waals surface area contributed by atoms with Crippen LogP contribution in [0.15, 0.2) is 12.1 Å². The van der Waals surface area contributed by atoms with E-state index in [1.54, 1.807) is 0 Å². The van der Waals surface area contributed by atoms with E-state index in [1.165, 1.54) is 4.90 Å². The zero-order valence-corrected chi connectivity index (χ0v) is 10.5. The molecule has 2 nitrogen and oxygen atoms in total. The van der Waals surface area contributed by atoms with Crippen LogP contribution in [0.5, 0.6) is 0 Å². The van der Waals surface area contributed by atoms with Crippen molar-refractivity contribution in [3.05, 3.63) is 35.1 Å². The minimum atomic E-state index is -1.55. The number of halogens is 3. The molecule has 1 aromatic carbocycles. The highest BCUT2D eigenvalue weighted by Crippen LogP contribution is 2.15. The van der Waals surface area contributed by atoms with Gasteiger partial charge in [-0.2, -0.15) is 0 Å². The predicted molar refractivity (Wildman–Crippen MR) is 62.8 cm³/mol. The van der Waals surface area contributed by atoms with E-state index in [-0.39, 0.29) is 5.56 Å². The fourth-order valence-electron chi connectivity index (χ4n) is 1.72. The number of hydrogen-bond donors (Lipinski definition) is 0. The lowest BCUT2D eigenvalue weighted by molar-refractivity contribution is 0.0754. The van der Waals surface area contributed by atoms with Gasteiger partial charge in [-0.1, -0.05) is 13.8 Å². The highest BCUT2D eigenvalue weighted by Gasteiger charge is 2.19. The maximum Gasteiger partial charge on any atom is 0.254 e. The quantitative estimate of drug-likeness (QED) is 0.742. The highest BCUT2D eigenvalue weighted by atomic mass is 19.2. The highest BCUT2D eigenvalue weighted by molar-refractivity contribution is 5.94. The van der Waals surface area contributed by atoms with Gasteiger partial charge in [-0.25, -0.2) is 13.2 Å². The standard InChI is InChI=1S/C13H16F3NO/c1-3-5-17(6-4-2)13(18)9-7-10(14)12(16)11(15)8-9/h7-8H,3-6H2,1-2H3. The van der Waals surface area contributed by atoms with Crippen LogP contribution in [0.4, 0.5) is 13.2 Å². The number of hydrogen-bond acceptors (Lipinski definition) is 1. The monoisotopic (exact) mass is 259 g/mol. The van der Waals surface area contributed by atoms with Gasteiger partial charge in [0.2, 0.25) is 0 Å². The molecule has 0 atom stereocenters. The van der Waals surface area contributed by atoms with Crippen molar-refractivity contribution in [3.63, 3.8) is 0 Å². The normalized spacial score (nSPS) is 10.5. The number of rotatable bonds is 5. The van der Waals surface area contributed by atoms with Gasteiger partial charge in [0, 0.05) is 18.7 Å². The van der Waals surface area contributed by atoms with Gasteiger partial charge >= 0.3 is 0 Å². The van der Waals surface area contributed by atoms with Crippen LogP contribution in [-0.2, 0) is 0 Å². The lowest BCUT2D eigenvalue weighted by atomic mass is 10.1. The Morgan fingerprint density at radius 1 is 1.06 bits per heavy atom. The molecule has 0 saturated carbocycles. The number of benzene rings is 1. The molecule has 0 N–H and O–H groups in total. The van der Waals surface area contributed by atoms with Crippen molar-refractivity contribution in [2.75, 3.05) is 13.1 Å². The summed E-state index contributed by atoms with van der Waals surface area (Å²) < 4.78 is 38.9. The lowest BCUT2D eigenvalue weighted by Crippen LogP contribution is -2.32. The first-order chi connectivity index (χ1) is 8.51. The zero-order valence-electron chi connectivity index (χ0n) is 10.5. The molecule has 1 amide bonds. The molecule has 18 heavy (non-hydrogen) atoms. The van der Waals surface area contributed by atoms with Crippen molar-refractivity contribution in [1.29, 1.82) is 0 Å². The van der Waals surface area contributed by atoms with Crippen LogP contribution in [0, 0.1) is 17.5 Å². The third kappa shape index (κ3) is 3.24. The fourth-order valence-corrected chi connectivity index (χ4v) is 1.72. The first-order valence-electron chi connectivity index (χ1n) is 5.95. The SMILES string of the molecule is CCCN(CCC)C(=O)c1cc(F)c(F)c(F)c1. The first-order valence-corrected chi connectivity index (χ1v) is 5.95. The van der Waals surface area contributed by atoms with Gasteiger partial charge in [0.15, 0.2) is 17.5 Å². The van der Waals surface area contributed by atoms with Crippen molar-refractivity contribution in [2.24, 2.45) is 0 Å². The van der Waals surface area contributed by atoms with Crippen molar-refractivity contribution < 1.29 is 18.0 Å². The summed E-state index contributed by atoms with van der Waals surface area (Å²) in [6.07, 6.45) is 1.50. The van der Waals surface area contributed by atoms with E-state index in [0.717, 1.165) is 25.0 Å². The topological polar surface area (TPSA) is 20.3 Å². The van der Waals surface area contributed by atoms with Gasteiger partial charge in [0.1, 0.15) is 0 Å². The van der Waals surface area contributed by atoms with Crippen LogP contribution in [0.1, 0.15) is 37.0 Å². The van der Waals surface area contributed by atoms with Gasteiger partial charge in [0.25, 0.3) is 5.91 Å². The van der Waals surface area contributed by atoms with E-state index in [9.17, 15) is 18.0 Å². The van der Waals surface area contributed by atoms with E-state index < -0.39 is 23.4 Å². The fraction of sp³-hybridized carbons (Fsp3) is 0.462. The summed E-state index contributed by atoms with van der Waals surface area (Å²) in [5.41, 5.74) is -0.159. The van der Waals surface area contributed by atoms with E-state index >= 15 is 0 Å². The van der Waals surface area contributed by atoms with Crippen molar-refractivity contribution in [1.82, 2.24) is 4.90 Å². The molecule has 5 heteroatoms. The number of carbonyl (C=O) groups excluding carboxylic acids is 1. The van der Waals surface area contributed by atoms with Crippen LogP contribution >= 0.6 is 0 Å². The summed E-state index contributed by atoms with van der Waals surface area (Å²) in [7, 11) is 0. The molecule has 1 rings (SSSR count). The summed E-state index contributed by atoms with van der Waals surface area (Å²) in [6, 6.07) is 1.47. The zero-order chi connectivity index (χ0) is 13.7. The van der Waals surface area contributed by atoms with Gasteiger partial charge < -0.3 is 4.90 Å². The molecule has 0 saturated heterocycles. The Morgan fingerprint density at radius 2 is 1.50 bits per heavy atom. The van der Waals surface area contributed by atoms with Gasteiger partial charge in [0.05, 0.1) is 0 Å². The largest absolute Gasteiger partial charge is 0.339 e. The van der Waals surface area contributed by atoms with E-state index in [4.69, 9.17) is 0 Å². The van der Waals surface area contributed by atoms with E-state index in [0.29, 0.717) is 13.1 Å². The summed E-state index contributed by atoms with van der Waals surface area (Å²) >= 11 is 0. The molecule has 0 aliphatic heterocycles. The Balaban J connectivity index is 3.01. The Bertz CT molecular complexity index is 405. The Morgan fingerprint density at radius 3 is 1.89 bits per heavy atom. The molecule has 0 aromatic heterocycles. The molecule has 0 radical (unpaired) electrons. The molecule has 0 fully saturated rings. The second-order valence-corrected chi connectivity index (χ2v) is 4.05. The number of carbonyl (C=O) groups is 1. The summed E-state index contributed by atoms with van der Waals surface area (Å²) in [5.74, 6) is -4.71. The maximum absolute atomic E-state index is 13.0. The van der Waals surface area contributed by atoms with Crippen molar-refractivity contribution in [2.45, 2.75) is 26.7 Å². The minimum absolute atomic E-state index is 0.159. The smallest absolute Gasteiger partial charge is 0.254 e. The average molecular weight is 259 g/mol. The second-order valence-electron chi connectivity index (χ2n) is 4.05. The second kappa shape index (κ2) is 6.42. The summed E-state index contributed by atoms with van der Waals surface area (Å²) in [4.78, 5) is 13.5.